The average molecular weight is 339 g/mol. The highest BCUT2D eigenvalue weighted by atomic mass is 35.5. The van der Waals surface area contributed by atoms with Crippen molar-refractivity contribution in [3.63, 3.8) is 0 Å². The van der Waals surface area contributed by atoms with Gasteiger partial charge >= 0.3 is 0 Å². The number of nitrogens with two attached hydrogens (primary N) is 1. The van der Waals surface area contributed by atoms with Gasteiger partial charge in [-0.05, 0) is 44.9 Å². The molecular weight excluding hydrogens is 316 g/mol. The van der Waals surface area contributed by atoms with Gasteiger partial charge in [0.05, 0.1) is 6.04 Å². The van der Waals surface area contributed by atoms with Gasteiger partial charge in [0.25, 0.3) is 0 Å². The van der Waals surface area contributed by atoms with Gasteiger partial charge in [0.15, 0.2) is 0 Å². The molecule has 0 aliphatic heterocycles. The summed E-state index contributed by atoms with van der Waals surface area (Å²) in [5.41, 5.74) is 7.18. The van der Waals surface area contributed by atoms with Gasteiger partial charge in [0.1, 0.15) is 5.54 Å². The Hall–Kier alpha value is -1.36. The second kappa shape index (κ2) is 7.27. The number of hydrogen-bond donors (Lipinski definition) is 2. The lowest BCUT2D eigenvalue weighted by molar-refractivity contribution is -0.126. The zero-order chi connectivity index (χ0) is 15.6. The minimum absolute atomic E-state index is 0. The van der Waals surface area contributed by atoms with Crippen LogP contribution in [0.15, 0.2) is 36.4 Å². The molecule has 0 radical (unpaired) electrons. The van der Waals surface area contributed by atoms with Crippen molar-refractivity contribution in [1.29, 1.82) is 0 Å². The summed E-state index contributed by atoms with van der Waals surface area (Å²) in [6, 6.07) is 11.5. The molecule has 0 bridgehead atoms. The van der Waals surface area contributed by atoms with Crippen LogP contribution in [0.5, 0.6) is 0 Å². The number of nitrogens with one attached hydrogen (secondary N) is 1. The van der Waals surface area contributed by atoms with Crippen LogP contribution in [0.1, 0.15) is 40.8 Å². The number of hydrogen-bond acceptors (Lipinski definition) is 3. The summed E-state index contributed by atoms with van der Waals surface area (Å²) in [5, 5.41) is 3.03. The summed E-state index contributed by atoms with van der Waals surface area (Å²) in [5.74, 6) is -0.163. The van der Waals surface area contributed by atoms with Crippen molar-refractivity contribution >= 4 is 29.7 Å². The molecule has 2 aromatic rings. The van der Waals surface area contributed by atoms with Crippen molar-refractivity contribution < 1.29 is 4.79 Å². The Morgan fingerprint density at radius 1 is 1.27 bits per heavy atom. The van der Waals surface area contributed by atoms with Crippen molar-refractivity contribution in [3.8, 4) is 0 Å². The van der Waals surface area contributed by atoms with Crippen LogP contribution in [-0.4, -0.2) is 5.91 Å². The van der Waals surface area contributed by atoms with Gasteiger partial charge in [-0.2, -0.15) is 0 Å². The van der Waals surface area contributed by atoms with Crippen LogP contribution in [0.2, 0.25) is 0 Å². The highest BCUT2D eigenvalue weighted by molar-refractivity contribution is 7.12. The number of halogens is 1. The maximum atomic E-state index is 12.5. The molecular formula is C17H23ClN2OS. The van der Waals surface area contributed by atoms with Crippen molar-refractivity contribution in [1.82, 2.24) is 5.32 Å². The number of aryl methyl sites for hydroxylation is 2. The highest BCUT2D eigenvalue weighted by Gasteiger charge is 2.31. The molecule has 0 saturated carbocycles. The number of thiophene rings is 1. The molecule has 1 aromatic carbocycles. The summed E-state index contributed by atoms with van der Waals surface area (Å²) >= 11 is 1.75. The van der Waals surface area contributed by atoms with Crippen molar-refractivity contribution in [2.45, 2.75) is 39.3 Å². The summed E-state index contributed by atoms with van der Waals surface area (Å²) in [6.45, 7) is 7.89. The van der Waals surface area contributed by atoms with E-state index in [2.05, 4.69) is 25.2 Å². The Bertz CT molecular complexity index is 637. The minimum atomic E-state index is -1.03. The fourth-order valence-electron chi connectivity index (χ4n) is 2.42. The molecule has 3 N–H and O–H groups in total. The summed E-state index contributed by atoms with van der Waals surface area (Å²) in [7, 11) is 0. The molecule has 0 spiro atoms. The summed E-state index contributed by atoms with van der Waals surface area (Å²) in [4.78, 5) is 15.0. The maximum absolute atomic E-state index is 12.5. The minimum Gasteiger partial charge on any atom is -0.348 e. The predicted octanol–water partition coefficient (Wildman–Crippen LogP) is 3.84. The van der Waals surface area contributed by atoms with Crippen molar-refractivity contribution in [2.75, 3.05) is 0 Å². The fraction of sp³-hybridized carbons (Fsp3) is 0.353. The second-order valence-electron chi connectivity index (χ2n) is 5.63. The molecule has 22 heavy (non-hydrogen) atoms. The SMILES string of the molecule is Cc1cc(C(C)NC(=O)C(C)(N)c2ccccc2)c(C)s1.Cl. The lowest BCUT2D eigenvalue weighted by atomic mass is 9.91. The van der Waals surface area contributed by atoms with Gasteiger partial charge in [0, 0.05) is 9.75 Å². The van der Waals surface area contributed by atoms with E-state index in [1.54, 1.807) is 18.3 Å². The van der Waals surface area contributed by atoms with E-state index in [4.69, 9.17) is 5.73 Å². The van der Waals surface area contributed by atoms with E-state index in [9.17, 15) is 4.79 Å². The average Bonchev–Trinajstić information content (AvgIpc) is 2.78. The molecule has 0 fully saturated rings. The number of carbonyl (C=O) groups is 1. The van der Waals surface area contributed by atoms with Crippen LogP contribution < -0.4 is 11.1 Å². The van der Waals surface area contributed by atoms with E-state index in [-0.39, 0.29) is 24.4 Å². The third-order valence-electron chi connectivity index (χ3n) is 3.74. The molecule has 5 heteroatoms. The highest BCUT2D eigenvalue weighted by Crippen LogP contribution is 2.27. The van der Waals surface area contributed by atoms with E-state index in [0.717, 1.165) is 11.1 Å². The van der Waals surface area contributed by atoms with E-state index in [1.165, 1.54) is 9.75 Å². The van der Waals surface area contributed by atoms with E-state index in [1.807, 2.05) is 37.3 Å². The normalized spacial score (nSPS) is 14.6. The zero-order valence-electron chi connectivity index (χ0n) is 13.3. The third kappa shape index (κ3) is 3.88. The van der Waals surface area contributed by atoms with Gasteiger partial charge in [-0.1, -0.05) is 30.3 Å². The maximum Gasteiger partial charge on any atom is 0.244 e. The smallest absolute Gasteiger partial charge is 0.244 e. The third-order valence-corrected chi connectivity index (χ3v) is 4.72. The molecule has 2 unspecified atom stereocenters. The topological polar surface area (TPSA) is 55.1 Å². The quantitative estimate of drug-likeness (QED) is 0.890. The number of benzene rings is 1. The van der Waals surface area contributed by atoms with Gasteiger partial charge in [0.2, 0.25) is 5.91 Å². The molecule has 2 rings (SSSR count). The van der Waals surface area contributed by atoms with Crippen LogP contribution >= 0.6 is 23.7 Å². The molecule has 0 aliphatic rings. The standard InChI is InChI=1S/C17H22N2OS.ClH/c1-11-10-15(13(3)21-11)12(2)19-16(20)17(4,18)14-8-6-5-7-9-14;/h5-10,12H,18H2,1-4H3,(H,19,20);1H. The van der Waals surface area contributed by atoms with Gasteiger partial charge in [-0.15, -0.1) is 23.7 Å². The first-order valence-corrected chi connectivity index (χ1v) is 7.86. The largest absolute Gasteiger partial charge is 0.348 e. The first kappa shape index (κ1) is 18.7. The Balaban J connectivity index is 0.00000242. The van der Waals surface area contributed by atoms with Crippen molar-refractivity contribution in [2.24, 2.45) is 5.73 Å². The van der Waals surface area contributed by atoms with E-state index >= 15 is 0 Å². The van der Waals surface area contributed by atoms with Crippen molar-refractivity contribution in [3.05, 3.63) is 57.3 Å². The van der Waals surface area contributed by atoms with E-state index < -0.39 is 5.54 Å². The van der Waals surface area contributed by atoms with Crippen LogP contribution in [0.25, 0.3) is 0 Å². The first-order chi connectivity index (χ1) is 9.82. The van der Waals surface area contributed by atoms with Gasteiger partial charge < -0.3 is 11.1 Å². The van der Waals surface area contributed by atoms with Gasteiger partial charge in [-0.25, -0.2) is 0 Å². The Morgan fingerprint density at radius 3 is 2.36 bits per heavy atom. The lowest BCUT2D eigenvalue weighted by Gasteiger charge is -2.26. The Labute approximate surface area is 142 Å². The van der Waals surface area contributed by atoms with Crippen LogP contribution in [0, 0.1) is 13.8 Å². The predicted molar refractivity (Wildman–Crippen MR) is 95.6 cm³/mol. The number of amides is 1. The summed E-state index contributed by atoms with van der Waals surface area (Å²) < 4.78 is 0. The molecule has 0 saturated heterocycles. The molecule has 2 atom stereocenters. The van der Waals surface area contributed by atoms with E-state index in [0.29, 0.717) is 0 Å². The zero-order valence-corrected chi connectivity index (χ0v) is 15.0. The number of rotatable bonds is 4. The summed E-state index contributed by atoms with van der Waals surface area (Å²) in [6.07, 6.45) is 0. The Morgan fingerprint density at radius 2 is 1.86 bits per heavy atom. The molecule has 0 aliphatic carbocycles. The lowest BCUT2D eigenvalue weighted by Crippen LogP contribution is -2.49. The van der Waals surface area contributed by atoms with Crippen LogP contribution in [0.4, 0.5) is 0 Å². The Kier molecular flexibility index (Phi) is 6.17. The van der Waals surface area contributed by atoms with Gasteiger partial charge in [-0.3, -0.25) is 4.79 Å². The molecule has 3 nitrogen and oxygen atoms in total. The molecule has 120 valence electrons. The first-order valence-electron chi connectivity index (χ1n) is 7.04. The molecule has 1 amide bonds. The monoisotopic (exact) mass is 338 g/mol. The second-order valence-corrected chi connectivity index (χ2v) is 7.09. The molecule has 1 aromatic heterocycles. The van der Waals surface area contributed by atoms with Crippen LogP contribution in [-0.2, 0) is 10.3 Å². The fourth-order valence-corrected chi connectivity index (χ4v) is 3.44. The molecule has 1 heterocycles. The van der Waals surface area contributed by atoms with Crippen LogP contribution in [0.3, 0.4) is 0 Å². The number of carbonyl (C=O) groups excluding carboxylic acids is 1.